The molecular weight excluding hydrogens is 470 g/mol. The molecule has 4 rings (SSSR count). The Morgan fingerprint density at radius 1 is 1.18 bits per heavy atom. The first-order valence-electron chi connectivity index (χ1n) is 9.93. The highest BCUT2D eigenvalue weighted by molar-refractivity contribution is 7.18. The number of amides is 3. The highest BCUT2D eigenvalue weighted by Gasteiger charge is 2.31. The van der Waals surface area contributed by atoms with Crippen LogP contribution in [0, 0.1) is 0 Å². The Morgan fingerprint density at radius 2 is 1.94 bits per heavy atom. The first kappa shape index (κ1) is 22.9. The van der Waals surface area contributed by atoms with Gasteiger partial charge < -0.3 is 24.3 Å². The smallest absolute Gasteiger partial charge is 0.262 e. The van der Waals surface area contributed by atoms with Crippen molar-refractivity contribution < 1.29 is 23.5 Å². The second-order valence-corrected chi connectivity index (χ2v) is 9.05. The summed E-state index contributed by atoms with van der Waals surface area (Å²) in [5.74, 6) is -0.891. The number of halogens is 1. The number of nitrogens with one attached hydrogen (secondary N) is 1. The van der Waals surface area contributed by atoms with Crippen molar-refractivity contribution in [3.05, 3.63) is 51.5 Å². The number of thiophene rings is 1. The summed E-state index contributed by atoms with van der Waals surface area (Å²) in [5.41, 5.74) is 1.33. The molecule has 33 heavy (non-hydrogen) atoms. The fourth-order valence-corrected chi connectivity index (χ4v) is 4.11. The molecule has 3 amide bonds. The number of likely N-dealkylation sites (N-methyl/N-ethyl adjacent to an activating group) is 1. The third-order valence-corrected chi connectivity index (χ3v) is 6.09. The van der Waals surface area contributed by atoms with E-state index in [1.165, 1.54) is 4.90 Å². The highest BCUT2D eigenvalue weighted by Crippen LogP contribution is 2.26. The van der Waals surface area contributed by atoms with Crippen LogP contribution in [0.15, 0.2) is 40.8 Å². The average molecular weight is 490 g/mol. The molecule has 0 bridgehead atoms. The van der Waals surface area contributed by atoms with Crippen LogP contribution >= 0.6 is 22.9 Å². The van der Waals surface area contributed by atoms with Gasteiger partial charge in [0.05, 0.1) is 15.8 Å². The van der Waals surface area contributed by atoms with Gasteiger partial charge >= 0.3 is 0 Å². The number of rotatable bonds is 6. The summed E-state index contributed by atoms with van der Waals surface area (Å²) in [6.45, 7) is 1.01. The third kappa shape index (κ3) is 5.05. The van der Waals surface area contributed by atoms with Gasteiger partial charge in [-0.15, -0.1) is 21.5 Å². The van der Waals surface area contributed by atoms with Crippen molar-refractivity contribution in [1.82, 2.24) is 20.4 Å². The lowest BCUT2D eigenvalue weighted by atomic mass is 10.2. The van der Waals surface area contributed by atoms with E-state index in [1.54, 1.807) is 55.4 Å². The van der Waals surface area contributed by atoms with Crippen LogP contribution in [-0.2, 0) is 14.3 Å². The number of morpholine rings is 1. The molecule has 1 atom stereocenters. The van der Waals surface area contributed by atoms with E-state index >= 15 is 0 Å². The van der Waals surface area contributed by atoms with E-state index in [9.17, 15) is 14.4 Å². The van der Waals surface area contributed by atoms with Crippen LogP contribution in [0.2, 0.25) is 4.34 Å². The van der Waals surface area contributed by atoms with Crippen LogP contribution < -0.4 is 10.2 Å². The molecule has 1 unspecified atom stereocenters. The van der Waals surface area contributed by atoms with E-state index in [0.29, 0.717) is 27.9 Å². The van der Waals surface area contributed by atoms with Gasteiger partial charge in [0.2, 0.25) is 11.8 Å². The summed E-state index contributed by atoms with van der Waals surface area (Å²) < 4.78 is 11.4. The number of anilines is 1. The van der Waals surface area contributed by atoms with Gasteiger partial charge in [-0.2, -0.15) is 0 Å². The summed E-state index contributed by atoms with van der Waals surface area (Å²) >= 11 is 7.00. The predicted molar refractivity (Wildman–Crippen MR) is 121 cm³/mol. The topological polar surface area (TPSA) is 118 Å². The third-order valence-electron chi connectivity index (χ3n) is 4.86. The predicted octanol–water partition coefficient (Wildman–Crippen LogP) is 2.37. The Kier molecular flexibility index (Phi) is 6.72. The number of hydrogen-bond donors (Lipinski definition) is 1. The van der Waals surface area contributed by atoms with Crippen molar-refractivity contribution in [3.63, 3.8) is 0 Å². The summed E-state index contributed by atoms with van der Waals surface area (Å²) in [4.78, 5) is 40.7. The lowest BCUT2D eigenvalue weighted by molar-refractivity contribution is -0.131. The van der Waals surface area contributed by atoms with E-state index in [-0.39, 0.29) is 24.3 Å². The van der Waals surface area contributed by atoms with Gasteiger partial charge in [-0.25, -0.2) is 0 Å². The van der Waals surface area contributed by atoms with Gasteiger partial charge in [-0.05, 0) is 36.4 Å². The molecule has 1 aliphatic heterocycles. The molecule has 12 heteroatoms. The van der Waals surface area contributed by atoms with Crippen molar-refractivity contribution in [3.8, 4) is 11.5 Å². The van der Waals surface area contributed by atoms with E-state index in [1.807, 2.05) is 0 Å². The summed E-state index contributed by atoms with van der Waals surface area (Å²) in [6, 6.07) is 9.03. The first-order chi connectivity index (χ1) is 15.8. The fraction of sp³-hybridized carbons (Fsp3) is 0.286. The van der Waals surface area contributed by atoms with Crippen LogP contribution in [0.1, 0.15) is 21.6 Å². The van der Waals surface area contributed by atoms with Crippen LogP contribution in [0.4, 0.5) is 5.69 Å². The second kappa shape index (κ2) is 9.69. The SMILES string of the molecule is CN(C)C(=O)C(NC(=O)c1ccc(Cl)s1)c1nnc(-c2ccc(N3CCOCC3=O)cc2)o1. The monoisotopic (exact) mass is 489 g/mol. The van der Waals surface area contributed by atoms with Gasteiger partial charge in [0.15, 0.2) is 6.04 Å². The molecule has 0 aliphatic carbocycles. The first-order valence-corrected chi connectivity index (χ1v) is 11.1. The highest BCUT2D eigenvalue weighted by atomic mass is 35.5. The van der Waals surface area contributed by atoms with Crippen LogP contribution in [0.25, 0.3) is 11.5 Å². The number of carbonyl (C=O) groups is 3. The van der Waals surface area contributed by atoms with Gasteiger partial charge in [0, 0.05) is 31.9 Å². The van der Waals surface area contributed by atoms with Crippen LogP contribution in [-0.4, -0.2) is 66.7 Å². The molecular formula is C21H20ClN5O5S. The zero-order valence-corrected chi connectivity index (χ0v) is 19.4. The van der Waals surface area contributed by atoms with E-state index in [0.717, 1.165) is 17.0 Å². The molecule has 0 radical (unpaired) electrons. The molecule has 3 heterocycles. The molecule has 0 spiro atoms. The largest absolute Gasteiger partial charge is 0.418 e. The molecule has 1 fully saturated rings. The maximum Gasteiger partial charge on any atom is 0.262 e. The Morgan fingerprint density at radius 3 is 2.58 bits per heavy atom. The number of carbonyl (C=O) groups excluding carboxylic acids is 3. The van der Waals surface area contributed by atoms with Gasteiger partial charge in [-0.3, -0.25) is 14.4 Å². The van der Waals surface area contributed by atoms with Crippen molar-refractivity contribution in [2.75, 3.05) is 38.8 Å². The number of nitrogens with zero attached hydrogens (tertiary/aromatic N) is 4. The van der Waals surface area contributed by atoms with Crippen molar-refractivity contribution in [1.29, 1.82) is 0 Å². The quantitative estimate of drug-likeness (QED) is 0.564. The molecule has 1 saturated heterocycles. The van der Waals surface area contributed by atoms with Gasteiger partial charge in [0.1, 0.15) is 6.61 Å². The molecule has 1 aliphatic rings. The molecule has 0 saturated carbocycles. The number of aromatic nitrogens is 2. The van der Waals surface area contributed by atoms with Crippen molar-refractivity contribution in [2.24, 2.45) is 0 Å². The molecule has 2 aromatic heterocycles. The van der Waals surface area contributed by atoms with Crippen LogP contribution in [0.5, 0.6) is 0 Å². The summed E-state index contributed by atoms with van der Waals surface area (Å²) in [6.07, 6.45) is 0. The van der Waals surface area contributed by atoms with Crippen LogP contribution in [0.3, 0.4) is 0 Å². The molecule has 10 nitrogen and oxygen atoms in total. The molecule has 172 valence electrons. The normalized spacial score (nSPS) is 14.8. The Labute approximate surface area is 198 Å². The van der Waals surface area contributed by atoms with Gasteiger partial charge in [-0.1, -0.05) is 11.6 Å². The molecule has 3 aromatic rings. The standard InChI is InChI=1S/C21H20ClN5O5S/c1-26(2)21(30)17(23-18(29)14-7-8-15(22)33-14)20-25-24-19(32-20)12-3-5-13(6-4-12)27-9-10-31-11-16(27)28/h3-8,17H,9-11H2,1-2H3,(H,23,29). The minimum absolute atomic E-state index is 0.0489. The maximum absolute atomic E-state index is 12.7. The zero-order chi connectivity index (χ0) is 23.5. The van der Waals surface area contributed by atoms with Crippen molar-refractivity contribution >= 4 is 46.3 Å². The summed E-state index contributed by atoms with van der Waals surface area (Å²) in [5, 5.41) is 10.7. The van der Waals surface area contributed by atoms with Gasteiger partial charge in [0.25, 0.3) is 17.7 Å². The lowest BCUT2D eigenvalue weighted by Gasteiger charge is -2.26. The molecule has 1 N–H and O–H groups in total. The number of benzene rings is 1. The second-order valence-electron chi connectivity index (χ2n) is 7.33. The maximum atomic E-state index is 12.7. The van der Waals surface area contributed by atoms with E-state index < -0.39 is 17.9 Å². The summed E-state index contributed by atoms with van der Waals surface area (Å²) in [7, 11) is 3.12. The Balaban J connectivity index is 1.55. The molecule has 1 aromatic carbocycles. The average Bonchev–Trinajstić information content (AvgIpc) is 3.47. The van der Waals surface area contributed by atoms with E-state index in [2.05, 4.69) is 15.5 Å². The Bertz CT molecular complexity index is 1180. The van der Waals surface area contributed by atoms with E-state index in [4.69, 9.17) is 20.8 Å². The Hall–Kier alpha value is -3.28. The zero-order valence-electron chi connectivity index (χ0n) is 17.8. The fourth-order valence-electron chi connectivity index (χ4n) is 3.17. The number of hydrogen-bond acceptors (Lipinski definition) is 8. The minimum atomic E-state index is -1.17. The number of ether oxygens (including phenoxy) is 1. The van der Waals surface area contributed by atoms with Crippen molar-refractivity contribution in [2.45, 2.75) is 6.04 Å². The lowest BCUT2D eigenvalue weighted by Crippen LogP contribution is -2.41. The minimum Gasteiger partial charge on any atom is -0.418 e.